The number of likely N-dealkylation sites (tertiary alicyclic amines) is 2. The number of ether oxygens (including phenoxy) is 1. The lowest BCUT2D eigenvalue weighted by atomic mass is 9.67. The van der Waals surface area contributed by atoms with Crippen molar-refractivity contribution in [3.63, 3.8) is 0 Å². The molecule has 0 N–H and O–H groups in total. The molecule has 4 rings (SSSR count). The van der Waals surface area contributed by atoms with Crippen LogP contribution in [0.2, 0.25) is 0 Å². The molecular weight excluding hydrogens is 340 g/mol. The van der Waals surface area contributed by atoms with Crippen molar-refractivity contribution in [1.29, 1.82) is 0 Å². The van der Waals surface area contributed by atoms with Crippen LogP contribution in [0.4, 0.5) is 0 Å². The molecule has 5 heteroatoms. The van der Waals surface area contributed by atoms with E-state index in [1.54, 1.807) is 7.11 Å². The van der Waals surface area contributed by atoms with E-state index < -0.39 is 0 Å². The van der Waals surface area contributed by atoms with Crippen LogP contribution in [0.3, 0.4) is 0 Å². The Balaban J connectivity index is 1.49. The highest BCUT2D eigenvalue weighted by atomic mass is 16.5. The fourth-order valence-corrected chi connectivity index (χ4v) is 4.81. The van der Waals surface area contributed by atoms with Crippen LogP contribution in [0.1, 0.15) is 50.0 Å². The molecule has 1 saturated carbocycles. The Kier molecular flexibility index (Phi) is 5.22. The fourth-order valence-electron chi connectivity index (χ4n) is 4.81. The zero-order valence-corrected chi connectivity index (χ0v) is 16.2. The van der Waals surface area contributed by atoms with E-state index in [0.29, 0.717) is 25.0 Å². The van der Waals surface area contributed by atoms with Gasteiger partial charge in [-0.25, -0.2) is 0 Å². The molecule has 1 aromatic carbocycles. The molecule has 27 heavy (non-hydrogen) atoms. The molecule has 2 saturated heterocycles. The van der Waals surface area contributed by atoms with Crippen LogP contribution in [0.5, 0.6) is 0 Å². The number of piperidine rings is 2. The smallest absolute Gasteiger partial charge is 0.230 e. The van der Waals surface area contributed by atoms with Crippen molar-refractivity contribution in [3.05, 3.63) is 35.9 Å². The van der Waals surface area contributed by atoms with Gasteiger partial charge in [-0.3, -0.25) is 9.59 Å². The Bertz CT molecular complexity index is 678. The van der Waals surface area contributed by atoms with Crippen LogP contribution in [0.15, 0.2) is 30.3 Å². The summed E-state index contributed by atoms with van der Waals surface area (Å²) in [5.41, 5.74) is 1.29. The number of hydrogen-bond acceptors (Lipinski definition) is 3. The van der Waals surface area contributed by atoms with Crippen molar-refractivity contribution in [2.75, 3.05) is 33.4 Å². The van der Waals surface area contributed by atoms with E-state index in [4.69, 9.17) is 4.74 Å². The molecule has 0 bridgehead atoms. The second-order valence-electron chi connectivity index (χ2n) is 8.49. The number of rotatable bonds is 5. The zero-order valence-electron chi connectivity index (χ0n) is 16.2. The highest BCUT2D eigenvalue weighted by molar-refractivity contribution is 5.85. The molecule has 3 fully saturated rings. The summed E-state index contributed by atoms with van der Waals surface area (Å²) in [7, 11) is 1.63. The molecule has 1 atom stereocenters. The molecular formula is C22H30N2O3. The monoisotopic (exact) mass is 370 g/mol. The van der Waals surface area contributed by atoms with Gasteiger partial charge in [-0.1, -0.05) is 30.3 Å². The first-order valence-electron chi connectivity index (χ1n) is 10.2. The Morgan fingerprint density at radius 3 is 2.52 bits per heavy atom. The van der Waals surface area contributed by atoms with Gasteiger partial charge >= 0.3 is 0 Å². The average molecular weight is 370 g/mol. The molecule has 5 nitrogen and oxygen atoms in total. The van der Waals surface area contributed by atoms with Crippen LogP contribution < -0.4 is 0 Å². The number of carbonyl (C=O) groups is 2. The Morgan fingerprint density at radius 1 is 1.19 bits per heavy atom. The van der Waals surface area contributed by atoms with Gasteiger partial charge in [-0.2, -0.15) is 0 Å². The standard InChI is InChI=1S/C22H30N2O3/c1-27-14-9-20(25)23-12-10-22(11-13-23)15-19(17-5-3-2-4-6-17)21(26)24(16-22)18-7-8-18/h2-6,18-19H,7-16H2,1H3/t19-/m0/s1. The van der Waals surface area contributed by atoms with E-state index in [2.05, 4.69) is 17.0 Å². The fraction of sp³-hybridized carbons (Fsp3) is 0.636. The minimum atomic E-state index is -0.0312. The zero-order chi connectivity index (χ0) is 18.9. The summed E-state index contributed by atoms with van der Waals surface area (Å²) in [5, 5.41) is 0. The molecule has 0 aromatic heterocycles. The lowest BCUT2D eigenvalue weighted by Gasteiger charge is -2.50. The largest absolute Gasteiger partial charge is 0.384 e. The minimum Gasteiger partial charge on any atom is -0.384 e. The first kappa shape index (κ1) is 18.5. The highest BCUT2D eigenvalue weighted by Crippen LogP contribution is 2.48. The normalized spacial score (nSPS) is 25.1. The van der Waals surface area contributed by atoms with Crippen molar-refractivity contribution in [2.45, 2.75) is 50.5 Å². The van der Waals surface area contributed by atoms with Crippen molar-refractivity contribution < 1.29 is 14.3 Å². The summed E-state index contributed by atoms with van der Waals surface area (Å²) in [6, 6.07) is 10.7. The van der Waals surface area contributed by atoms with Gasteiger partial charge in [0, 0.05) is 32.8 Å². The predicted octanol–water partition coefficient (Wildman–Crippen LogP) is 2.81. The summed E-state index contributed by atoms with van der Waals surface area (Å²) < 4.78 is 5.04. The van der Waals surface area contributed by atoms with E-state index in [1.165, 1.54) is 0 Å². The van der Waals surface area contributed by atoms with E-state index in [0.717, 1.165) is 57.3 Å². The molecule has 2 aliphatic heterocycles. The number of nitrogens with zero attached hydrogens (tertiary/aromatic N) is 2. The van der Waals surface area contributed by atoms with Gasteiger partial charge in [0.25, 0.3) is 0 Å². The van der Waals surface area contributed by atoms with Crippen LogP contribution in [0.25, 0.3) is 0 Å². The summed E-state index contributed by atoms with van der Waals surface area (Å²) in [6.07, 6.45) is 5.65. The molecule has 1 spiro atoms. The maximum Gasteiger partial charge on any atom is 0.230 e. The first-order chi connectivity index (χ1) is 13.1. The average Bonchev–Trinajstić information content (AvgIpc) is 3.54. The number of hydrogen-bond donors (Lipinski definition) is 0. The summed E-state index contributed by atoms with van der Waals surface area (Å²) in [6.45, 7) is 2.97. The van der Waals surface area contributed by atoms with Gasteiger partial charge in [0.05, 0.1) is 18.9 Å². The summed E-state index contributed by atoms with van der Waals surface area (Å²) >= 11 is 0. The van der Waals surface area contributed by atoms with Gasteiger partial charge in [0.15, 0.2) is 0 Å². The Labute approximate surface area is 161 Å². The third-order valence-electron chi connectivity index (χ3n) is 6.61. The number of amides is 2. The molecule has 2 amide bonds. The maximum absolute atomic E-state index is 13.2. The van der Waals surface area contributed by atoms with E-state index in [-0.39, 0.29) is 17.2 Å². The van der Waals surface area contributed by atoms with E-state index in [1.807, 2.05) is 23.1 Å². The van der Waals surface area contributed by atoms with Crippen molar-refractivity contribution in [1.82, 2.24) is 9.80 Å². The second kappa shape index (κ2) is 7.63. The Morgan fingerprint density at radius 2 is 1.89 bits per heavy atom. The van der Waals surface area contributed by atoms with Crippen molar-refractivity contribution >= 4 is 11.8 Å². The lowest BCUT2D eigenvalue weighted by molar-refractivity contribution is -0.145. The second-order valence-corrected chi connectivity index (χ2v) is 8.49. The third-order valence-corrected chi connectivity index (χ3v) is 6.61. The van der Waals surface area contributed by atoms with Gasteiger partial charge in [0.2, 0.25) is 11.8 Å². The van der Waals surface area contributed by atoms with E-state index >= 15 is 0 Å². The summed E-state index contributed by atoms with van der Waals surface area (Å²) in [4.78, 5) is 29.7. The quantitative estimate of drug-likeness (QED) is 0.801. The summed E-state index contributed by atoms with van der Waals surface area (Å²) in [5.74, 6) is 0.474. The molecule has 146 valence electrons. The topological polar surface area (TPSA) is 49.9 Å². The van der Waals surface area contributed by atoms with Crippen LogP contribution >= 0.6 is 0 Å². The first-order valence-corrected chi connectivity index (χ1v) is 10.2. The van der Waals surface area contributed by atoms with Gasteiger partial charge in [-0.15, -0.1) is 0 Å². The van der Waals surface area contributed by atoms with Gasteiger partial charge in [-0.05, 0) is 43.1 Å². The minimum absolute atomic E-state index is 0.0312. The Hall–Kier alpha value is -1.88. The van der Waals surface area contributed by atoms with Crippen molar-refractivity contribution in [3.8, 4) is 0 Å². The van der Waals surface area contributed by atoms with Gasteiger partial charge in [0.1, 0.15) is 0 Å². The molecule has 0 unspecified atom stereocenters. The van der Waals surface area contributed by atoms with Crippen LogP contribution in [0, 0.1) is 5.41 Å². The van der Waals surface area contributed by atoms with Crippen molar-refractivity contribution in [2.24, 2.45) is 5.41 Å². The molecule has 2 heterocycles. The van der Waals surface area contributed by atoms with Crippen LogP contribution in [-0.2, 0) is 14.3 Å². The molecule has 1 aromatic rings. The molecule has 1 aliphatic carbocycles. The highest BCUT2D eigenvalue weighted by Gasteiger charge is 2.49. The number of methoxy groups -OCH3 is 1. The van der Waals surface area contributed by atoms with Crippen LogP contribution in [-0.4, -0.2) is 61.0 Å². The third kappa shape index (κ3) is 3.88. The number of carbonyl (C=O) groups excluding carboxylic acids is 2. The lowest BCUT2D eigenvalue weighted by Crippen LogP contribution is -2.55. The van der Waals surface area contributed by atoms with Gasteiger partial charge < -0.3 is 14.5 Å². The molecule has 0 radical (unpaired) electrons. The SMILES string of the molecule is COCCC(=O)N1CCC2(CC1)C[C@@H](c1ccccc1)C(=O)N(C1CC1)C2. The number of benzene rings is 1. The maximum atomic E-state index is 13.2. The molecule has 3 aliphatic rings. The van der Waals surface area contributed by atoms with E-state index in [9.17, 15) is 9.59 Å². The predicted molar refractivity (Wildman–Crippen MR) is 103 cm³/mol.